The Morgan fingerprint density at radius 3 is 2.78 bits per heavy atom. The topological polar surface area (TPSA) is 148 Å². The predicted molar refractivity (Wildman–Crippen MR) is 73.6 cm³/mol. The number of esters is 1. The van der Waals surface area contributed by atoms with Gasteiger partial charge in [-0.25, -0.2) is 4.79 Å². The van der Waals surface area contributed by atoms with Crippen LogP contribution in [0, 0.1) is 5.92 Å². The summed E-state index contributed by atoms with van der Waals surface area (Å²) in [4.78, 5) is 48.1. The number of aliphatic hydroxyl groups is 2. The van der Waals surface area contributed by atoms with Gasteiger partial charge in [0.05, 0.1) is 32.2 Å². The van der Waals surface area contributed by atoms with Gasteiger partial charge in [0.1, 0.15) is 12.4 Å². The molecule has 1 aliphatic rings. The fourth-order valence-corrected chi connectivity index (χ4v) is 2.39. The first kappa shape index (κ1) is 17.1. The van der Waals surface area contributed by atoms with E-state index >= 15 is 0 Å². The number of hydrogen-bond acceptors (Lipinski definition) is 8. The standard InChI is InChI=1S/C13H16N2O8/c1-22-9(18)2-6-3-15(13(21)14-11(6)20)12-7(4-16)10(19)8(5-17)23-12/h3-4,7-8,10,12,17,19H,2,5H2,1H3,(H,14,20,21)/t7?,8-,10?,12-/m1/s1. The van der Waals surface area contributed by atoms with Crippen LogP contribution in [0.4, 0.5) is 0 Å². The minimum atomic E-state index is -1.30. The Hall–Kier alpha value is -2.30. The molecule has 0 amide bonds. The number of aliphatic hydroxyl groups excluding tert-OH is 2. The molecule has 2 unspecified atom stereocenters. The van der Waals surface area contributed by atoms with E-state index < -0.39 is 48.2 Å². The maximum atomic E-state index is 11.9. The molecule has 0 bridgehead atoms. The molecule has 2 rings (SSSR count). The largest absolute Gasteiger partial charge is 0.469 e. The van der Waals surface area contributed by atoms with Gasteiger partial charge in [-0.05, 0) is 0 Å². The van der Waals surface area contributed by atoms with Gasteiger partial charge in [0.25, 0.3) is 5.56 Å². The number of rotatable bonds is 5. The molecule has 0 saturated carbocycles. The lowest BCUT2D eigenvalue weighted by Gasteiger charge is -2.17. The van der Waals surface area contributed by atoms with Crippen LogP contribution in [0.5, 0.6) is 0 Å². The molecule has 4 atom stereocenters. The zero-order valence-corrected chi connectivity index (χ0v) is 12.2. The number of nitrogens with zero attached hydrogens (tertiary/aromatic N) is 1. The lowest BCUT2D eigenvalue weighted by Crippen LogP contribution is -2.37. The summed E-state index contributed by atoms with van der Waals surface area (Å²) < 4.78 is 10.7. The van der Waals surface area contributed by atoms with Crippen molar-refractivity contribution in [3.05, 3.63) is 32.6 Å². The lowest BCUT2D eigenvalue weighted by atomic mass is 10.0. The van der Waals surface area contributed by atoms with Gasteiger partial charge in [0, 0.05) is 11.8 Å². The maximum Gasteiger partial charge on any atom is 0.330 e. The van der Waals surface area contributed by atoms with Gasteiger partial charge in [-0.3, -0.25) is 19.1 Å². The Balaban J connectivity index is 2.44. The smallest absolute Gasteiger partial charge is 0.330 e. The van der Waals surface area contributed by atoms with E-state index in [1.165, 1.54) is 0 Å². The molecule has 0 aromatic carbocycles. The first-order valence-corrected chi connectivity index (χ1v) is 6.73. The minimum absolute atomic E-state index is 0.0633. The first-order chi connectivity index (χ1) is 10.9. The van der Waals surface area contributed by atoms with E-state index in [-0.39, 0.29) is 12.0 Å². The summed E-state index contributed by atoms with van der Waals surface area (Å²) in [6.07, 6.45) is -2.45. The summed E-state index contributed by atoms with van der Waals surface area (Å²) in [6.45, 7) is -0.546. The first-order valence-electron chi connectivity index (χ1n) is 6.73. The zero-order chi connectivity index (χ0) is 17.1. The number of aromatic amines is 1. The monoisotopic (exact) mass is 328 g/mol. The Morgan fingerprint density at radius 2 is 2.22 bits per heavy atom. The highest BCUT2D eigenvalue weighted by Crippen LogP contribution is 2.32. The number of hydrogen-bond donors (Lipinski definition) is 3. The molecule has 0 aliphatic carbocycles. The number of aldehydes is 1. The van der Waals surface area contributed by atoms with Gasteiger partial charge in [0.2, 0.25) is 0 Å². The molecule has 1 aromatic heterocycles. The summed E-state index contributed by atoms with van der Waals surface area (Å²) in [5, 5.41) is 19.0. The maximum absolute atomic E-state index is 11.9. The second-order valence-corrected chi connectivity index (χ2v) is 5.03. The van der Waals surface area contributed by atoms with Crippen molar-refractivity contribution in [1.29, 1.82) is 0 Å². The van der Waals surface area contributed by atoms with Crippen LogP contribution in [0.1, 0.15) is 11.8 Å². The number of nitrogens with one attached hydrogen (secondary N) is 1. The third-order valence-electron chi connectivity index (χ3n) is 3.63. The highest BCUT2D eigenvalue weighted by molar-refractivity contribution is 5.72. The Labute approximate surface area is 129 Å². The molecule has 2 heterocycles. The molecule has 10 heteroatoms. The fraction of sp³-hybridized carbons (Fsp3) is 0.538. The predicted octanol–water partition coefficient (Wildman–Crippen LogP) is -2.68. The Kier molecular flexibility index (Phi) is 5.08. The molecule has 10 nitrogen and oxygen atoms in total. The van der Waals surface area contributed by atoms with E-state index in [2.05, 4.69) is 4.74 Å². The quantitative estimate of drug-likeness (QED) is 0.391. The number of H-pyrrole nitrogens is 1. The molecular formula is C13H16N2O8. The normalized spacial score (nSPS) is 26.9. The highest BCUT2D eigenvalue weighted by atomic mass is 16.5. The molecule has 1 aromatic rings. The average Bonchev–Trinajstić information content (AvgIpc) is 2.85. The van der Waals surface area contributed by atoms with Crippen molar-refractivity contribution in [3.63, 3.8) is 0 Å². The average molecular weight is 328 g/mol. The second-order valence-electron chi connectivity index (χ2n) is 5.03. The van der Waals surface area contributed by atoms with E-state index in [1.807, 2.05) is 4.98 Å². The van der Waals surface area contributed by atoms with E-state index in [9.17, 15) is 24.3 Å². The Morgan fingerprint density at radius 1 is 1.52 bits per heavy atom. The number of ether oxygens (including phenoxy) is 2. The van der Waals surface area contributed by atoms with Crippen LogP contribution >= 0.6 is 0 Å². The molecule has 1 fully saturated rings. The third kappa shape index (κ3) is 3.23. The fourth-order valence-electron chi connectivity index (χ4n) is 2.39. The van der Waals surface area contributed by atoms with Crippen LogP contribution in [-0.2, 0) is 25.5 Å². The highest BCUT2D eigenvalue weighted by Gasteiger charge is 2.44. The van der Waals surface area contributed by atoms with Gasteiger partial charge in [-0.15, -0.1) is 0 Å². The molecular weight excluding hydrogens is 312 g/mol. The van der Waals surface area contributed by atoms with E-state index in [4.69, 9.17) is 9.84 Å². The lowest BCUT2D eigenvalue weighted by molar-refractivity contribution is -0.139. The molecule has 3 N–H and O–H groups in total. The number of methoxy groups -OCH3 is 1. The summed E-state index contributed by atoms with van der Waals surface area (Å²) in [5.74, 6) is -1.80. The van der Waals surface area contributed by atoms with Crippen molar-refractivity contribution >= 4 is 12.3 Å². The zero-order valence-electron chi connectivity index (χ0n) is 12.2. The van der Waals surface area contributed by atoms with Crippen molar-refractivity contribution in [3.8, 4) is 0 Å². The molecule has 0 radical (unpaired) electrons. The van der Waals surface area contributed by atoms with Crippen molar-refractivity contribution in [2.24, 2.45) is 5.92 Å². The van der Waals surface area contributed by atoms with E-state index in [0.29, 0.717) is 6.29 Å². The Bertz CT molecular complexity index is 709. The van der Waals surface area contributed by atoms with Crippen molar-refractivity contribution in [2.75, 3.05) is 13.7 Å². The van der Waals surface area contributed by atoms with Crippen LogP contribution in [0.15, 0.2) is 15.8 Å². The molecule has 126 valence electrons. The molecule has 1 saturated heterocycles. The SMILES string of the molecule is COC(=O)Cc1cn([C@@H]2O[C@H](CO)C(O)C2C=O)c(=O)[nH]c1=O. The van der Waals surface area contributed by atoms with Gasteiger partial charge >= 0.3 is 11.7 Å². The van der Waals surface area contributed by atoms with Crippen LogP contribution in [0.3, 0.4) is 0 Å². The van der Waals surface area contributed by atoms with Crippen molar-refractivity contribution < 1.29 is 29.3 Å². The van der Waals surface area contributed by atoms with Crippen LogP contribution < -0.4 is 11.2 Å². The van der Waals surface area contributed by atoms with Crippen LogP contribution in [0.25, 0.3) is 0 Å². The van der Waals surface area contributed by atoms with Gasteiger partial charge < -0.3 is 24.5 Å². The summed E-state index contributed by atoms with van der Waals surface area (Å²) in [7, 11) is 1.15. The summed E-state index contributed by atoms with van der Waals surface area (Å²) in [6, 6.07) is 0. The van der Waals surface area contributed by atoms with Crippen LogP contribution in [0.2, 0.25) is 0 Å². The van der Waals surface area contributed by atoms with E-state index in [1.54, 1.807) is 0 Å². The van der Waals surface area contributed by atoms with E-state index in [0.717, 1.165) is 17.9 Å². The number of carbonyl (C=O) groups excluding carboxylic acids is 2. The van der Waals surface area contributed by atoms with Gasteiger partial charge in [0.15, 0.2) is 6.23 Å². The number of aromatic nitrogens is 2. The van der Waals surface area contributed by atoms with Crippen LogP contribution in [-0.4, -0.2) is 57.9 Å². The van der Waals surface area contributed by atoms with Crippen molar-refractivity contribution in [1.82, 2.24) is 9.55 Å². The number of carbonyl (C=O) groups is 2. The van der Waals surface area contributed by atoms with Gasteiger partial charge in [-0.1, -0.05) is 0 Å². The molecule has 23 heavy (non-hydrogen) atoms. The third-order valence-corrected chi connectivity index (χ3v) is 3.63. The summed E-state index contributed by atoms with van der Waals surface area (Å²) in [5.41, 5.74) is -1.70. The van der Waals surface area contributed by atoms with Gasteiger partial charge in [-0.2, -0.15) is 0 Å². The molecule has 0 spiro atoms. The second kappa shape index (κ2) is 6.86. The molecule has 1 aliphatic heterocycles. The van der Waals surface area contributed by atoms with Crippen molar-refractivity contribution in [2.45, 2.75) is 24.9 Å². The minimum Gasteiger partial charge on any atom is -0.469 e. The summed E-state index contributed by atoms with van der Waals surface area (Å²) >= 11 is 0.